The fourth-order valence-electron chi connectivity index (χ4n) is 2.43. The highest BCUT2D eigenvalue weighted by Crippen LogP contribution is 2.30. The fraction of sp³-hybridized carbons (Fsp3) is 0.500. The molecule has 1 aliphatic rings. The molecule has 0 aliphatic heterocycles. The van der Waals surface area contributed by atoms with Crippen molar-refractivity contribution < 1.29 is 4.39 Å². The van der Waals surface area contributed by atoms with Crippen LogP contribution in [0.1, 0.15) is 44.6 Å². The summed E-state index contributed by atoms with van der Waals surface area (Å²) in [6, 6.07) is 6.44. The second kappa shape index (κ2) is 5.87. The minimum atomic E-state index is -0.195. The van der Waals surface area contributed by atoms with E-state index in [4.69, 9.17) is 0 Å². The molecular weight excluding hydrogens is 211 g/mol. The van der Waals surface area contributed by atoms with Gasteiger partial charge in [-0.2, -0.15) is 0 Å². The van der Waals surface area contributed by atoms with Gasteiger partial charge in [0.1, 0.15) is 5.82 Å². The van der Waals surface area contributed by atoms with Crippen molar-refractivity contribution in [2.24, 2.45) is 11.8 Å². The second-order valence-corrected chi connectivity index (χ2v) is 4.90. The van der Waals surface area contributed by atoms with E-state index in [0.29, 0.717) is 5.92 Å². The average molecular weight is 230 g/mol. The first kappa shape index (κ1) is 12.2. The lowest BCUT2D eigenvalue weighted by atomic mass is 9.81. The van der Waals surface area contributed by atoms with Gasteiger partial charge in [0.25, 0.3) is 0 Å². The molecule has 0 bridgehead atoms. The Labute approximate surface area is 103 Å². The lowest BCUT2D eigenvalue weighted by Crippen LogP contribution is -2.12. The number of hydrogen-bond donors (Lipinski definition) is 0. The van der Waals surface area contributed by atoms with E-state index in [1.165, 1.54) is 44.2 Å². The third kappa shape index (κ3) is 3.60. The van der Waals surface area contributed by atoms with Crippen LogP contribution in [0.25, 0.3) is 0 Å². The fourth-order valence-corrected chi connectivity index (χ4v) is 2.43. The average Bonchev–Trinajstić information content (AvgIpc) is 2.39. The van der Waals surface area contributed by atoms with Crippen molar-refractivity contribution in [1.29, 1.82) is 0 Å². The van der Waals surface area contributed by atoms with Gasteiger partial charge < -0.3 is 0 Å². The van der Waals surface area contributed by atoms with Gasteiger partial charge in [-0.3, -0.25) is 0 Å². The normalized spacial score (nSPS) is 23.9. The lowest BCUT2D eigenvalue weighted by Gasteiger charge is -2.24. The van der Waals surface area contributed by atoms with Gasteiger partial charge in [-0.05, 0) is 55.9 Å². The molecule has 0 saturated heterocycles. The molecule has 1 aromatic carbocycles. The van der Waals surface area contributed by atoms with Crippen LogP contribution < -0.4 is 0 Å². The predicted octanol–water partition coefficient (Wildman–Crippen LogP) is 4.39. The van der Waals surface area contributed by atoms with Crippen molar-refractivity contribution in [2.75, 3.05) is 0 Å². The van der Waals surface area contributed by atoms with Gasteiger partial charge in [0, 0.05) is 11.5 Å². The van der Waals surface area contributed by atoms with E-state index in [0.717, 1.165) is 11.5 Å². The van der Waals surface area contributed by atoms with Crippen LogP contribution in [0.2, 0.25) is 0 Å². The van der Waals surface area contributed by atoms with Gasteiger partial charge >= 0.3 is 0 Å². The summed E-state index contributed by atoms with van der Waals surface area (Å²) in [4.78, 5) is 0. The third-order valence-electron chi connectivity index (χ3n) is 3.69. The first-order valence-electron chi connectivity index (χ1n) is 6.55. The van der Waals surface area contributed by atoms with Gasteiger partial charge in [0.2, 0.25) is 0 Å². The van der Waals surface area contributed by atoms with Gasteiger partial charge in [0.05, 0.1) is 0 Å². The van der Waals surface area contributed by atoms with Gasteiger partial charge in [-0.1, -0.05) is 25.2 Å². The van der Waals surface area contributed by atoms with Crippen molar-refractivity contribution in [3.63, 3.8) is 0 Å². The summed E-state index contributed by atoms with van der Waals surface area (Å²) < 4.78 is 12.7. The zero-order valence-corrected chi connectivity index (χ0v) is 10.4. The van der Waals surface area contributed by atoms with Crippen LogP contribution in [-0.4, -0.2) is 0 Å². The Morgan fingerprint density at radius 2 is 1.76 bits per heavy atom. The lowest BCUT2D eigenvalue weighted by molar-refractivity contribution is 0.309. The summed E-state index contributed by atoms with van der Waals surface area (Å²) in [6.45, 7) is 2.27. The number of halogens is 1. The molecule has 0 N–H and O–H groups in total. The Bertz CT molecular complexity index is 399. The zero-order chi connectivity index (χ0) is 12.1. The molecule has 0 amide bonds. The minimum Gasteiger partial charge on any atom is -0.207 e. The largest absolute Gasteiger partial charge is 0.207 e. The highest BCUT2D eigenvalue weighted by atomic mass is 19.1. The van der Waals surface area contributed by atoms with Crippen molar-refractivity contribution in [3.8, 4) is 11.8 Å². The maximum atomic E-state index is 12.7. The molecule has 1 aromatic rings. The first-order chi connectivity index (χ1) is 8.28. The van der Waals surface area contributed by atoms with E-state index in [1.54, 1.807) is 12.1 Å². The summed E-state index contributed by atoms with van der Waals surface area (Å²) in [7, 11) is 0. The maximum Gasteiger partial charge on any atom is 0.123 e. The topological polar surface area (TPSA) is 0 Å². The molecule has 1 fully saturated rings. The van der Waals surface area contributed by atoms with E-state index in [2.05, 4.69) is 18.8 Å². The van der Waals surface area contributed by atoms with Crippen LogP contribution in [-0.2, 0) is 0 Å². The molecule has 0 aromatic heterocycles. The third-order valence-corrected chi connectivity index (χ3v) is 3.69. The Hall–Kier alpha value is -1.29. The predicted molar refractivity (Wildman–Crippen MR) is 69.0 cm³/mol. The molecule has 17 heavy (non-hydrogen) atoms. The van der Waals surface area contributed by atoms with Crippen LogP contribution >= 0.6 is 0 Å². The van der Waals surface area contributed by atoms with Crippen LogP contribution in [0.15, 0.2) is 24.3 Å². The first-order valence-corrected chi connectivity index (χ1v) is 6.55. The monoisotopic (exact) mass is 230 g/mol. The van der Waals surface area contributed by atoms with Gasteiger partial charge in [0.15, 0.2) is 0 Å². The summed E-state index contributed by atoms with van der Waals surface area (Å²) in [5.74, 6) is 7.75. The van der Waals surface area contributed by atoms with E-state index >= 15 is 0 Å². The molecule has 0 atom stereocenters. The summed E-state index contributed by atoms with van der Waals surface area (Å²) in [5, 5.41) is 0. The molecule has 1 aliphatic carbocycles. The highest BCUT2D eigenvalue weighted by Gasteiger charge is 2.17. The number of benzene rings is 1. The van der Waals surface area contributed by atoms with Crippen molar-refractivity contribution in [2.45, 2.75) is 39.0 Å². The SMILES string of the molecule is CCC1CCC(C#Cc2ccc(F)cc2)CC1. The highest BCUT2D eigenvalue weighted by molar-refractivity contribution is 5.34. The molecule has 0 radical (unpaired) electrons. The zero-order valence-electron chi connectivity index (χ0n) is 10.4. The molecule has 2 rings (SSSR count). The Morgan fingerprint density at radius 1 is 1.12 bits per heavy atom. The van der Waals surface area contributed by atoms with Gasteiger partial charge in [-0.25, -0.2) is 4.39 Å². The summed E-state index contributed by atoms with van der Waals surface area (Å²) >= 11 is 0. The van der Waals surface area contributed by atoms with E-state index in [9.17, 15) is 4.39 Å². The standard InChI is InChI=1S/C16H19F/c1-2-13-3-5-14(6-4-13)7-8-15-9-11-16(17)12-10-15/h9-14H,2-6H2,1H3. The smallest absolute Gasteiger partial charge is 0.123 e. The minimum absolute atomic E-state index is 0.195. The van der Waals surface area contributed by atoms with E-state index in [-0.39, 0.29) is 5.82 Å². The van der Waals surface area contributed by atoms with Crippen LogP contribution in [0.4, 0.5) is 4.39 Å². The number of rotatable bonds is 1. The molecule has 0 nitrogen and oxygen atoms in total. The van der Waals surface area contributed by atoms with E-state index in [1.807, 2.05) is 0 Å². The molecule has 0 spiro atoms. The van der Waals surface area contributed by atoms with Crippen molar-refractivity contribution in [3.05, 3.63) is 35.6 Å². The van der Waals surface area contributed by atoms with Crippen molar-refractivity contribution in [1.82, 2.24) is 0 Å². The van der Waals surface area contributed by atoms with Crippen LogP contribution in [0, 0.1) is 29.5 Å². The molecule has 1 saturated carbocycles. The van der Waals surface area contributed by atoms with Crippen molar-refractivity contribution >= 4 is 0 Å². The summed E-state index contributed by atoms with van der Waals surface area (Å²) in [5.41, 5.74) is 0.920. The quantitative estimate of drug-likeness (QED) is 0.627. The number of hydrogen-bond acceptors (Lipinski definition) is 0. The Kier molecular flexibility index (Phi) is 4.20. The van der Waals surface area contributed by atoms with Gasteiger partial charge in [-0.15, -0.1) is 0 Å². The van der Waals surface area contributed by atoms with Crippen LogP contribution in [0.3, 0.4) is 0 Å². The molecule has 1 heteroatoms. The summed E-state index contributed by atoms with van der Waals surface area (Å²) in [6.07, 6.45) is 6.40. The Morgan fingerprint density at radius 3 is 2.35 bits per heavy atom. The molecule has 90 valence electrons. The molecular formula is C16H19F. The maximum absolute atomic E-state index is 12.7. The molecule has 0 unspecified atom stereocenters. The van der Waals surface area contributed by atoms with Crippen LogP contribution in [0.5, 0.6) is 0 Å². The molecule has 0 heterocycles. The van der Waals surface area contributed by atoms with E-state index < -0.39 is 0 Å². The Balaban J connectivity index is 1.92. The second-order valence-electron chi connectivity index (χ2n) is 4.90.